The van der Waals surface area contributed by atoms with Crippen LogP contribution in [0.15, 0.2) is 59.0 Å². The number of rotatable bonds is 2. The van der Waals surface area contributed by atoms with Crippen LogP contribution in [0.5, 0.6) is 0 Å². The second-order valence-corrected chi connectivity index (χ2v) is 6.44. The van der Waals surface area contributed by atoms with Crippen LogP contribution in [0.2, 0.25) is 0 Å². The van der Waals surface area contributed by atoms with Crippen molar-refractivity contribution in [3.63, 3.8) is 0 Å². The molecular weight excluding hydrogens is 316 g/mol. The molecular formula is C20H16N2O3. The zero-order chi connectivity index (χ0) is 17.0. The van der Waals surface area contributed by atoms with E-state index >= 15 is 0 Å². The predicted molar refractivity (Wildman–Crippen MR) is 94.6 cm³/mol. The van der Waals surface area contributed by atoms with Gasteiger partial charge in [-0.05, 0) is 23.8 Å². The van der Waals surface area contributed by atoms with E-state index in [0.717, 1.165) is 38.9 Å². The Balaban J connectivity index is 1.72. The Morgan fingerprint density at radius 3 is 2.76 bits per heavy atom. The van der Waals surface area contributed by atoms with Gasteiger partial charge in [-0.1, -0.05) is 36.4 Å². The number of aromatic amines is 1. The molecule has 5 nitrogen and oxygen atoms in total. The van der Waals surface area contributed by atoms with Crippen molar-refractivity contribution >= 4 is 27.8 Å². The SMILES string of the molecule is O=C(O)[C@@H]1Cc2c([nH]c3ccccc23)[C@@H](c2cc3ccccc3o2)N1. The maximum Gasteiger partial charge on any atom is 0.321 e. The molecule has 5 rings (SSSR count). The smallest absolute Gasteiger partial charge is 0.321 e. The van der Waals surface area contributed by atoms with Gasteiger partial charge < -0.3 is 14.5 Å². The molecule has 124 valence electrons. The quantitative estimate of drug-likeness (QED) is 0.524. The molecule has 25 heavy (non-hydrogen) atoms. The highest BCUT2D eigenvalue weighted by Gasteiger charge is 2.35. The Morgan fingerprint density at radius 2 is 1.92 bits per heavy atom. The van der Waals surface area contributed by atoms with Gasteiger partial charge in [-0.3, -0.25) is 10.1 Å². The average molecular weight is 332 g/mol. The molecule has 0 radical (unpaired) electrons. The monoisotopic (exact) mass is 332 g/mol. The summed E-state index contributed by atoms with van der Waals surface area (Å²) >= 11 is 0. The van der Waals surface area contributed by atoms with Gasteiger partial charge >= 0.3 is 5.97 Å². The number of hydrogen-bond acceptors (Lipinski definition) is 3. The molecule has 0 spiro atoms. The Hall–Kier alpha value is -3.05. The molecule has 3 N–H and O–H groups in total. The number of aliphatic carboxylic acids is 1. The van der Waals surface area contributed by atoms with Crippen LogP contribution in [-0.4, -0.2) is 22.1 Å². The predicted octanol–water partition coefficient (Wildman–Crippen LogP) is 3.60. The fourth-order valence-corrected chi connectivity index (χ4v) is 3.76. The van der Waals surface area contributed by atoms with Crippen LogP contribution in [0.4, 0.5) is 0 Å². The minimum Gasteiger partial charge on any atom is -0.480 e. The highest BCUT2D eigenvalue weighted by Crippen LogP contribution is 2.37. The summed E-state index contributed by atoms with van der Waals surface area (Å²) in [7, 11) is 0. The summed E-state index contributed by atoms with van der Waals surface area (Å²) in [6.07, 6.45) is 0.450. The first-order valence-electron chi connectivity index (χ1n) is 8.27. The van der Waals surface area contributed by atoms with Crippen LogP contribution in [0, 0.1) is 0 Å². The van der Waals surface area contributed by atoms with Gasteiger partial charge in [0.1, 0.15) is 23.4 Å². The summed E-state index contributed by atoms with van der Waals surface area (Å²) in [4.78, 5) is 15.1. The zero-order valence-corrected chi connectivity index (χ0v) is 13.3. The number of aromatic nitrogens is 1. The fourth-order valence-electron chi connectivity index (χ4n) is 3.76. The standard InChI is InChI=1S/C20H16N2O3/c23-20(24)15-10-13-12-6-2-3-7-14(12)21-18(13)19(22-15)17-9-11-5-1-4-8-16(11)25-17/h1-9,15,19,21-22H,10H2,(H,23,24)/t15-,19+/m0/s1. The molecule has 2 atom stereocenters. The molecule has 1 aliphatic rings. The van der Waals surface area contributed by atoms with Crippen LogP contribution in [0.1, 0.15) is 23.1 Å². The van der Waals surface area contributed by atoms with E-state index < -0.39 is 12.0 Å². The third-order valence-electron chi connectivity index (χ3n) is 4.94. The molecule has 2 aromatic carbocycles. The lowest BCUT2D eigenvalue weighted by atomic mass is 9.93. The molecule has 0 saturated heterocycles. The van der Waals surface area contributed by atoms with E-state index in [2.05, 4.69) is 10.3 Å². The van der Waals surface area contributed by atoms with E-state index in [4.69, 9.17) is 4.42 Å². The molecule has 1 aliphatic heterocycles. The third-order valence-corrected chi connectivity index (χ3v) is 4.94. The Bertz CT molecular complexity index is 1080. The van der Waals surface area contributed by atoms with Crippen molar-refractivity contribution in [1.29, 1.82) is 0 Å². The fraction of sp³-hybridized carbons (Fsp3) is 0.150. The first-order chi connectivity index (χ1) is 12.2. The van der Waals surface area contributed by atoms with Crippen LogP contribution in [0.25, 0.3) is 21.9 Å². The van der Waals surface area contributed by atoms with Gasteiger partial charge in [0.05, 0.1) is 0 Å². The largest absolute Gasteiger partial charge is 0.480 e. The summed E-state index contributed by atoms with van der Waals surface area (Å²) in [6, 6.07) is 16.8. The van der Waals surface area contributed by atoms with Crippen molar-refractivity contribution in [3.05, 3.63) is 71.6 Å². The summed E-state index contributed by atoms with van der Waals surface area (Å²) in [5.41, 5.74) is 3.85. The lowest BCUT2D eigenvalue weighted by Crippen LogP contribution is -2.44. The number of furan rings is 1. The van der Waals surface area contributed by atoms with E-state index in [1.54, 1.807) is 0 Å². The summed E-state index contributed by atoms with van der Waals surface area (Å²) < 4.78 is 6.01. The van der Waals surface area contributed by atoms with Gasteiger partial charge in [0.25, 0.3) is 0 Å². The van der Waals surface area contributed by atoms with Gasteiger partial charge in [0.15, 0.2) is 0 Å². The zero-order valence-electron chi connectivity index (χ0n) is 13.3. The molecule has 0 bridgehead atoms. The first kappa shape index (κ1) is 14.3. The van der Waals surface area contributed by atoms with Gasteiger partial charge in [0.2, 0.25) is 0 Å². The lowest BCUT2D eigenvalue weighted by molar-refractivity contribution is -0.139. The number of para-hydroxylation sites is 2. The maximum absolute atomic E-state index is 11.7. The van der Waals surface area contributed by atoms with Crippen LogP contribution in [-0.2, 0) is 11.2 Å². The number of carbonyl (C=O) groups is 1. The number of carboxylic acid groups (broad SMARTS) is 1. The highest BCUT2D eigenvalue weighted by molar-refractivity contribution is 5.87. The van der Waals surface area contributed by atoms with Crippen molar-refractivity contribution in [3.8, 4) is 0 Å². The normalized spacial score (nSPS) is 20.0. The van der Waals surface area contributed by atoms with Crippen LogP contribution < -0.4 is 5.32 Å². The molecule has 0 saturated carbocycles. The van der Waals surface area contributed by atoms with Gasteiger partial charge in [-0.25, -0.2) is 0 Å². The Morgan fingerprint density at radius 1 is 1.12 bits per heavy atom. The summed E-state index contributed by atoms with van der Waals surface area (Å²) in [5, 5.41) is 14.9. The van der Waals surface area contributed by atoms with E-state index in [1.165, 1.54) is 0 Å². The minimum atomic E-state index is -0.850. The Labute approximate surface area is 143 Å². The molecule has 0 unspecified atom stereocenters. The van der Waals surface area contributed by atoms with E-state index in [9.17, 15) is 9.90 Å². The second-order valence-electron chi connectivity index (χ2n) is 6.44. The van der Waals surface area contributed by atoms with E-state index in [0.29, 0.717) is 6.42 Å². The van der Waals surface area contributed by atoms with Crippen molar-refractivity contribution in [2.75, 3.05) is 0 Å². The molecule has 5 heteroatoms. The first-order valence-corrected chi connectivity index (χ1v) is 8.27. The molecule has 0 aliphatic carbocycles. The van der Waals surface area contributed by atoms with Crippen molar-refractivity contribution in [2.24, 2.45) is 0 Å². The third kappa shape index (κ3) is 2.16. The number of hydrogen-bond donors (Lipinski definition) is 3. The number of carboxylic acids is 1. The van der Waals surface area contributed by atoms with Crippen molar-refractivity contribution < 1.29 is 14.3 Å². The van der Waals surface area contributed by atoms with E-state index in [-0.39, 0.29) is 6.04 Å². The number of H-pyrrole nitrogens is 1. The minimum absolute atomic E-state index is 0.315. The van der Waals surface area contributed by atoms with Crippen molar-refractivity contribution in [1.82, 2.24) is 10.3 Å². The molecule has 4 aromatic rings. The van der Waals surface area contributed by atoms with Crippen molar-refractivity contribution in [2.45, 2.75) is 18.5 Å². The second kappa shape index (κ2) is 5.22. The summed E-state index contributed by atoms with van der Waals surface area (Å²) in [6.45, 7) is 0. The molecule has 0 amide bonds. The topological polar surface area (TPSA) is 78.3 Å². The summed E-state index contributed by atoms with van der Waals surface area (Å²) in [5.74, 6) is -0.128. The van der Waals surface area contributed by atoms with Gasteiger partial charge in [-0.15, -0.1) is 0 Å². The number of benzene rings is 2. The van der Waals surface area contributed by atoms with Crippen LogP contribution in [0.3, 0.4) is 0 Å². The lowest BCUT2D eigenvalue weighted by Gasteiger charge is -2.27. The number of fused-ring (bicyclic) bond motifs is 4. The highest BCUT2D eigenvalue weighted by atomic mass is 16.4. The molecule has 3 heterocycles. The Kier molecular flexibility index (Phi) is 2.99. The number of nitrogens with one attached hydrogen (secondary N) is 2. The molecule has 0 fully saturated rings. The van der Waals surface area contributed by atoms with Gasteiger partial charge in [-0.2, -0.15) is 0 Å². The van der Waals surface area contributed by atoms with Crippen LogP contribution >= 0.6 is 0 Å². The average Bonchev–Trinajstić information content (AvgIpc) is 3.22. The van der Waals surface area contributed by atoms with Gasteiger partial charge in [0, 0.05) is 28.4 Å². The van der Waals surface area contributed by atoms with E-state index in [1.807, 2.05) is 54.6 Å². The molecule has 2 aromatic heterocycles. The maximum atomic E-state index is 11.7.